The Morgan fingerprint density at radius 2 is 1.58 bits per heavy atom. The molecule has 0 heterocycles. The third kappa shape index (κ3) is 4.51. The summed E-state index contributed by atoms with van der Waals surface area (Å²) in [6.45, 7) is 4.99. The molecule has 1 amide bonds. The van der Waals surface area contributed by atoms with Crippen LogP contribution in [0.5, 0.6) is 5.75 Å². The summed E-state index contributed by atoms with van der Waals surface area (Å²) < 4.78 is 5.74. The van der Waals surface area contributed by atoms with Gasteiger partial charge in [-0.25, -0.2) is 0 Å². The molecule has 0 fully saturated rings. The molecule has 3 aromatic carbocycles. The van der Waals surface area contributed by atoms with Crippen LogP contribution in [-0.2, 0) is 0 Å². The number of hydrogen-bond donors (Lipinski definition) is 1. The summed E-state index contributed by atoms with van der Waals surface area (Å²) in [5.41, 5.74) is 5.20. The van der Waals surface area contributed by atoms with Crippen molar-refractivity contribution in [2.45, 2.75) is 13.8 Å². The SMILES string of the molecule is Cc1ccc(OCCNC(=O)c2ccc(-c3ccccc3)cc2)c(C)c1. The highest BCUT2D eigenvalue weighted by molar-refractivity contribution is 5.94. The zero-order chi connectivity index (χ0) is 18.4. The molecular weight excluding hydrogens is 322 g/mol. The average Bonchev–Trinajstić information content (AvgIpc) is 2.67. The minimum absolute atomic E-state index is 0.0890. The first kappa shape index (κ1) is 17.7. The Labute approximate surface area is 154 Å². The van der Waals surface area contributed by atoms with Crippen molar-refractivity contribution < 1.29 is 9.53 Å². The van der Waals surface area contributed by atoms with Crippen LogP contribution in [0.2, 0.25) is 0 Å². The molecule has 3 aromatic rings. The number of hydrogen-bond acceptors (Lipinski definition) is 2. The highest BCUT2D eigenvalue weighted by atomic mass is 16.5. The molecule has 132 valence electrons. The van der Waals surface area contributed by atoms with Crippen molar-refractivity contribution >= 4 is 5.91 Å². The van der Waals surface area contributed by atoms with Crippen molar-refractivity contribution in [1.82, 2.24) is 5.32 Å². The van der Waals surface area contributed by atoms with E-state index in [9.17, 15) is 4.79 Å². The molecule has 0 spiro atoms. The van der Waals surface area contributed by atoms with Gasteiger partial charge in [0.2, 0.25) is 0 Å². The van der Waals surface area contributed by atoms with E-state index < -0.39 is 0 Å². The van der Waals surface area contributed by atoms with Gasteiger partial charge in [0, 0.05) is 5.56 Å². The topological polar surface area (TPSA) is 38.3 Å². The summed E-state index contributed by atoms with van der Waals surface area (Å²) in [5, 5.41) is 2.90. The summed E-state index contributed by atoms with van der Waals surface area (Å²) in [6, 6.07) is 23.8. The van der Waals surface area contributed by atoms with Crippen LogP contribution in [0.1, 0.15) is 21.5 Å². The number of amides is 1. The molecule has 3 nitrogen and oxygen atoms in total. The van der Waals surface area contributed by atoms with Gasteiger partial charge >= 0.3 is 0 Å². The lowest BCUT2D eigenvalue weighted by atomic mass is 10.0. The molecule has 1 N–H and O–H groups in total. The van der Waals surface area contributed by atoms with Crippen LogP contribution in [0.3, 0.4) is 0 Å². The fourth-order valence-electron chi connectivity index (χ4n) is 2.83. The van der Waals surface area contributed by atoms with Crippen molar-refractivity contribution in [3.05, 3.63) is 89.5 Å². The van der Waals surface area contributed by atoms with Crippen molar-refractivity contribution in [3.8, 4) is 16.9 Å². The maximum Gasteiger partial charge on any atom is 0.251 e. The van der Waals surface area contributed by atoms with Gasteiger partial charge in [0.15, 0.2) is 0 Å². The van der Waals surface area contributed by atoms with Crippen molar-refractivity contribution in [2.24, 2.45) is 0 Å². The predicted molar refractivity (Wildman–Crippen MR) is 106 cm³/mol. The molecule has 3 heteroatoms. The molecule has 0 aliphatic carbocycles. The lowest BCUT2D eigenvalue weighted by molar-refractivity contribution is 0.0947. The summed E-state index contributed by atoms with van der Waals surface area (Å²) in [4.78, 5) is 12.2. The van der Waals surface area contributed by atoms with Gasteiger partial charge < -0.3 is 10.1 Å². The van der Waals surface area contributed by atoms with Gasteiger partial charge in [-0.05, 0) is 48.7 Å². The second-order valence-electron chi connectivity index (χ2n) is 6.32. The molecule has 0 saturated carbocycles. The first-order valence-electron chi connectivity index (χ1n) is 8.77. The first-order chi connectivity index (χ1) is 12.6. The van der Waals surface area contributed by atoms with E-state index >= 15 is 0 Å². The molecule has 26 heavy (non-hydrogen) atoms. The zero-order valence-corrected chi connectivity index (χ0v) is 15.2. The third-order valence-corrected chi connectivity index (χ3v) is 4.23. The van der Waals surface area contributed by atoms with Gasteiger partial charge in [-0.3, -0.25) is 4.79 Å². The molecule has 0 radical (unpaired) electrons. The molecule has 3 rings (SSSR count). The van der Waals surface area contributed by atoms with E-state index in [0.29, 0.717) is 18.7 Å². The number of aryl methyl sites for hydroxylation is 2. The monoisotopic (exact) mass is 345 g/mol. The number of ether oxygens (including phenoxy) is 1. The van der Waals surface area contributed by atoms with Crippen LogP contribution in [0.25, 0.3) is 11.1 Å². The number of nitrogens with one attached hydrogen (secondary N) is 1. The Bertz CT molecular complexity index is 870. The van der Waals surface area contributed by atoms with E-state index in [1.54, 1.807) is 0 Å². The molecule has 0 aliphatic rings. The molecule has 0 aliphatic heterocycles. The van der Waals surface area contributed by atoms with Crippen LogP contribution >= 0.6 is 0 Å². The van der Waals surface area contributed by atoms with Gasteiger partial charge in [0.05, 0.1) is 6.54 Å². The normalized spacial score (nSPS) is 10.4. The minimum Gasteiger partial charge on any atom is -0.491 e. The number of rotatable bonds is 6. The van der Waals surface area contributed by atoms with Crippen LogP contribution in [0.4, 0.5) is 0 Å². The highest BCUT2D eigenvalue weighted by Crippen LogP contribution is 2.19. The minimum atomic E-state index is -0.0890. The molecule has 0 atom stereocenters. The van der Waals surface area contributed by atoms with E-state index in [-0.39, 0.29) is 5.91 Å². The van der Waals surface area contributed by atoms with Gasteiger partial charge in [-0.1, -0.05) is 60.2 Å². The van der Waals surface area contributed by atoms with E-state index in [1.807, 2.05) is 61.5 Å². The van der Waals surface area contributed by atoms with Crippen LogP contribution < -0.4 is 10.1 Å². The molecule has 0 unspecified atom stereocenters. The standard InChI is InChI=1S/C23H23NO2/c1-17-8-13-22(18(2)16-17)26-15-14-24-23(25)21-11-9-20(10-12-21)19-6-4-3-5-7-19/h3-13,16H,14-15H2,1-2H3,(H,24,25). The number of carbonyl (C=O) groups is 1. The maximum atomic E-state index is 12.2. The van der Waals surface area contributed by atoms with Crippen LogP contribution in [0.15, 0.2) is 72.8 Å². The van der Waals surface area contributed by atoms with Gasteiger partial charge in [-0.15, -0.1) is 0 Å². The Balaban J connectivity index is 1.50. The maximum absolute atomic E-state index is 12.2. The molecule has 0 aromatic heterocycles. The summed E-state index contributed by atoms with van der Waals surface area (Å²) in [6.07, 6.45) is 0. The van der Waals surface area contributed by atoms with Gasteiger partial charge in [-0.2, -0.15) is 0 Å². The van der Waals surface area contributed by atoms with E-state index in [0.717, 1.165) is 22.4 Å². The number of benzene rings is 3. The fraction of sp³-hybridized carbons (Fsp3) is 0.174. The molecule has 0 saturated heterocycles. The Morgan fingerprint density at radius 3 is 2.27 bits per heavy atom. The number of carbonyl (C=O) groups excluding carboxylic acids is 1. The Hall–Kier alpha value is -3.07. The highest BCUT2D eigenvalue weighted by Gasteiger charge is 2.06. The van der Waals surface area contributed by atoms with Gasteiger partial charge in [0.1, 0.15) is 12.4 Å². The summed E-state index contributed by atoms with van der Waals surface area (Å²) >= 11 is 0. The second-order valence-corrected chi connectivity index (χ2v) is 6.32. The fourth-order valence-corrected chi connectivity index (χ4v) is 2.83. The third-order valence-electron chi connectivity index (χ3n) is 4.23. The summed E-state index contributed by atoms with van der Waals surface area (Å²) in [5.74, 6) is 0.769. The summed E-state index contributed by atoms with van der Waals surface area (Å²) in [7, 11) is 0. The average molecular weight is 345 g/mol. The zero-order valence-electron chi connectivity index (χ0n) is 15.2. The van der Waals surface area contributed by atoms with E-state index in [2.05, 4.69) is 30.4 Å². The Kier molecular flexibility index (Phi) is 5.69. The van der Waals surface area contributed by atoms with E-state index in [1.165, 1.54) is 5.56 Å². The van der Waals surface area contributed by atoms with E-state index in [4.69, 9.17) is 4.74 Å². The van der Waals surface area contributed by atoms with Crippen LogP contribution in [0, 0.1) is 13.8 Å². The molecular formula is C23H23NO2. The lowest BCUT2D eigenvalue weighted by Gasteiger charge is -2.11. The first-order valence-corrected chi connectivity index (χ1v) is 8.77. The van der Waals surface area contributed by atoms with Crippen molar-refractivity contribution in [2.75, 3.05) is 13.2 Å². The van der Waals surface area contributed by atoms with Crippen molar-refractivity contribution in [3.63, 3.8) is 0 Å². The smallest absolute Gasteiger partial charge is 0.251 e. The Morgan fingerprint density at radius 1 is 0.885 bits per heavy atom. The lowest BCUT2D eigenvalue weighted by Crippen LogP contribution is -2.28. The van der Waals surface area contributed by atoms with Crippen molar-refractivity contribution in [1.29, 1.82) is 0 Å². The van der Waals surface area contributed by atoms with Gasteiger partial charge in [0.25, 0.3) is 5.91 Å². The predicted octanol–water partition coefficient (Wildman–Crippen LogP) is 4.78. The van der Waals surface area contributed by atoms with Crippen LogP contribution in [-0.4, -0.2) is 19.1 Å². The largest absolute Gasteiger partial charge is 0.491 e. The second kappa shape index (κ2) is 8.34. The quantitative estimate of drug-likeness (QED) is 0.653. The molecule has 0 bridgehead atoms.